The van der Waals surface area contributed by atoms with Crippen LogP contribution in [-0.4, -0.2) is 23.0 Å². The molecule has 0 bridgehead atoms. The fraction of sp³-hybridized carbons (Fsp3) is 0.353. The zero-order valence-electron chi connectivity index (χ0n) is 13.8. The highest BCUT2D eigenvalue weighted by atomic mass is 79.9. The van der Waals surface area contributed by atoms with Crippen molar-refractivity contribution < 1.29 is 14.7 Å². The average Bonchev–Trinajstić information content (AvgIpc) is 2.48. The Morgan fingerprint density at radius 2 is 2.08 bits per heavy atom. The summed E-state index contributed by atoms with van der Waals surface area (Å²) in [7, 11) is 0. The van der Waals surface area contributed by atoms with E-state index in [1.807, 2.05) is 39.0 Å². The molecule has 128 valence electrons. The first-order chi connectivity index (χ1) is 11.2. The van der Waals surface area contributed by atoms with E-state index in [1.54, 1.807) is 6.07 Å². The van der Waals surface area contributed by atoms with Gasteiger partial charge in [-0.15, -0.1) is 0 Å². The maximum absolute atomic E-state index is 12.1. The fourth-order valence-corrected chi connectivity index (χ4v) is 2.57. The van der Waals surface area contributed by atoms with Crippen molar-refractivity contribution in [3.8, 4) is 6.07 Å². The van der Waals surface area contributed by atoms with Gasteiger partial charge in [0.05, 0.1) is 5.69 Å². The number of halogens is 1. The summed E-state index contributed by atoms with van der Waals surface area (Å²) in [5, 5.41) is 23.6. The van der Waals surface area contributed by atoms with E-state index in [4.69, 9.17) is 10.4 Å². The molecule has 0 saturated carbocycles. The molecule has 0 heterocycles. The lowest BCUT2D eigenvalue weighted by Gasteiger charge is -2.16. The zero-order chi connectivity index (χ0) is 18.3. The van der Waals surface area contributed by atoms with Crippen LogP contribution in [0.15, 0.2) is 34.4 Å². The van der Waals surface area contributed by atoms with Crippen molar-refractivity contribution in [3.63, 3.8) is 0 Å². The third kappa shape index (κ3) is 6.05. The summed E-state index contributed by atoms with van der Waals surface area (Å²) in [6, 6.07) is 6.34. The van der Waals surface area contributed by atoms with Crippen LogP contribution in [0.25, 0.3) is 0 Å². The monoisotopic (exact) mass is 393 g/mol. The maximum Gasteiger partial charge on any atom is 0.326 e. The summed E-state index contributed by atoms with van der Waals surface area (Å²) >= 11 is 3.39. The van der Waals surface area contributed by atoms with E-state index in [-0.39, 0.29) is 17.9 Å². The number of rotatable bonds is 7. The first kappa shape index (κ1) is 19.7. The van der Waals surface area contributed by atoms with Crippen LogP contribution in [0.5, 0.6) is 0 Å². The van der Waals surface area contributed by atoms with E-state index in [0.29, 0.717) is 5.69 Å². The highest BCUT2D eigenvalue weighted by Crippen LogP contribution is 2.23. The molecule has 0 aliphatic rings. The number of nitrogens with zero attached hydrogens (tertiary/aromatic N) is 1. The predicted octanol–water partition coefficient (Wildman–Crippen LogP) is 3.19. The molecule has 0 radical (unpaired) electrons. The molecular weight excluding hydrogens is 374 g/mol. The molecule has 0 fully saturated rings. The van der Waals surface area contributed by atoms with Crippen molar-refractivity contribution in [2.45, 2.75) is 33.2 Å². The Morgan fingerprint density at radius 3 is 2.58 bits per heavy atom. The molecule has 0 saturated heterocycles. The minimum absolute atomic E-state index is 0.0996. The number of aryl methyl sites for hydroxylation is 1. The van der Waals surface area contributed by atoms with Crippen molar-refractivity contribution in [1.29, 1.82) is 5.26 Å². The van der Waals surface area contributed by atoms with Gasteiger partial charge >= 0.3 is 5.97 Å². The van der Waals surface area contributed by atoms with E-state index < -0.39 is 17.9 Å². The smallest absolute Gasteiger partial charge is 0.326 e. The first-order valence-electron chi connectivity index (χ1n) is 7.41. The molecule has 0 aliphatic carbocycles. The standard InChI is InChI=1S/C17H20BrN3O3/c1-10(2)6-15(17(23)24)21-16(22)12(8-19)9-20-14-5-4-11(3)7-13(14)18/h4-5,7,9-10,15,20H,6H2,1-3H3,(H,21,22)(H,23,24)/b12-9-. The summed E-state index contributed by atoms with van der Waals surface area (Å²) in [6.07, 6.45) is 1.55. The van der Waals surface area contributed by atoms with Gasteiger partial charge in [-0.3, -0.25) is 4.79 Å². The summed E-state index contributed by atoms with van der Waals surface area (Å²) in [6.45, 7) is 5.67. The normalized spacial score (nSPS) is 12.4. The summed E-state index contributed by atoms with van der Waals surface area (Å²) < 4.78 is 0.791. The average molecular weight is 394 g/mol. The van der Waals surface area contributed by atoms with Gasteiger partial charge in [-0.05, 0) is 52.9 Å². The lowest BCUT2D eigenvalue weighted by molar-refractivity contribution is -0.141. The van der Waals surface area contributed by atoms with Crippen LogP contribution in [0.4, 0.5) is 5.69 Å². The Morgan fingerprint density at radius 1 is 1.42 bits per heavy atom. The van der Waals surface area contributed by atoms with Crippen LogP contribution < -0.4 is 10.6 Å². The number of anilines is 1. The minimum Gasteiger partial charge on any atom is -0.480 e. The highest BCUT2D eigenvalue weighted by Gasteiger charge is 2.22. The number of carbonyl (C=O) groups excluding carboxylic acids is 1. The molecule has 1 rings (SSSR count). The third-order valence-corrected chi connectivity index (χ3v) is 3.83. The van der Waals surface area contributed by atoms with E-state index in [0.717, 1.165) is 10.0 Å². The predicted molar refractivity (Wildman–Crippen MR) is 95.2 cm³/mol. The minimum atomic E-state index is -1.12. The van der Waals surface area contributed by atoms with Gasteiger partial charge in [0, 0.05) is 10.7 Å². The Balaban J connectivity index is 2.85. The van der Waals surface area contributed by atoms with Gasteiger partial charge in [-0.1, -0.05) is 19.9 Å². The molecule has 0 aliphatic heterocycles. The lowest BCUT2D eigenvalue weighted by Crippen LogP contribution is -2.42. The number of carbonyl (C=O) groups is 2. The van der Waals surface area contributed by atoms with Gasteiger partial charge in [-0.2, -0.15) is 5.26 Å². The molecule has 1 amide bonds. The van der Waals surface area contributed by atoms with Crippen LogP contribution in [0.3, 0.4) is 0 Å². The SMILES string of the molecule is Cc1ccc(N/C=C(/C#N)C(=O)NC(CC(C)C)C(=O)O)c(Br)c1. The molecule has 0 aromatic heterocycles. The quantitative estimate of drug-likeness (QED) is 0.487. The third-order valence-electron chi connectivity index (χ3n) is 3.17. The molecule has 1 unspecified atom stereocenters. The molecular formula is C17H20BrN3O3. The highest BCUT2D eigenvalue weighted by molar-refractivity contribution is 9.10. The number of carboxylic acid groups (broad SMARTS) is 1. The number of hydrogen-bond acceptors (Lipinski definition) is 4. The number of benzene rings is 1. The number of nitriles is 1. The van der Waals surface area contributed by atoms with Gasteiger partial charge in [0.1, 0.15) is 17.7 Å². The molecule has 1 aromatic carbocycles. The van der Waals surface area contributed by atoms with Gasteiger partial charge in [0.25, 0.3) is 5.91 Å². The van der Waals surface area contributed by atoms with Crippen LogP contribution in [0.1, 0.15) is 25.8 Å². The number of nitrogens with one attached hydrogen (secondary N) is 2. The van der Waals surface area contributed by atoms with Crippen molar-refractivity contribution in [1.82, 2.24) is 5.32 Å². The van der Waals surface area contributed by atoms with Crippen LogP contribution in [0, 0.1) is 24.2 Å². The van der Waals surface area contributed by atoms with Crippen LogP contribution >= 0.6 is 15.9 Å². The number of amides is 1. The van der Waals surface area contributed by atoms with E-state index >= 15 is 0 Å². The van der Waals surface area contributed by atoms with Crippen molar-refractivity contribution >= 4 is 33.5 Å². The summed E-state index contributed by atoms with van der Waals surface area (Å²) in [5.74, 6) is -1.74. The Kier molecular flexibility index (Phi) is 7.46. The number of carboxylic acids is 1. The van der Waals surface area contributed by atoms with Crippen molar-refractivity contribution in [2.24, 2.45) is 5.92 Å². The molecule has 1 aromatic rings. The first-order valence-corrected chi connectivity index (χ1v) is 8.20. The topological polar surface area (TPSA) is 102 Å². The van der Waals surface area contributed by atoms with Gasteiger partial charge in [0.2, 0.25) is 0 Å². The van der Waals surface area contributed by atoms with Crippen molar-refractivity contribution in [3.05, 3.63) is 40.0 Å². The fourth-order valence-electron chi connectivity index (χ4n) is 1.96. The van der Waals surface area contributed by atoms with Gasteiger partial charge in [0.15, 0.2) is 0 Å². The lowest BCUT2D eigenvalue weighted by atomic mass is 10.0. The second-order valence-electron chi connectivity index (χ2n) is 5.79. The maximum atomic E-state index is 12.1. The van der Waals surface area contributed by atoms with Crippen molar-refractivity contribution in [2.75, 3.05) is 5.32 Å². The van der Waals surface area contributed by atoms with E-state index in [1.165, 1.54) is 6.20 Å². The van der Waals surface area contributed by atoms with Gasteiger partial charge in [-0.25, -0.2) is 4.79 Å². The van der Waals surface area contributed by atoms with Crippen LogP contribution in [-0.2, 0) is 9.59 Å². The molecule has 24 heavy (non-hydrogen) atoms. The number of hydrogen-bond donors (Lipinski definition) is 3. The van der Waals surface area contributed by atoms with Gasteiger partial charge < -0.3 is 15.7 Å². The molecule has 1 atom stereocenters. The van der Waals surface area contributed by atoms with E-state index in [9.17, 15) is 9.59 Å². The number of aliphatic carboxylic acids is 1. The summed E-state index contributed by atoms with van der Waals surface area (Å²) in [4.78, 5) is 23.3. The molecule has 7 heteroatoms. The Bertz CT molecular complexity index is 693. The largest absolute Gasteiger partial charge is 0.480 e. The second-order valence-corrected chi connectivity index (χ2v) is 6.65. The second kappa shape index (κ2) is 9.08. The van der Waals surface area contributed by atoms with Crippen LogP contribution in [0.2, 0.25) is 0 Å². The molecule has 0 spiro atoms. The Hall–Kier alpha value is -2.33. The Labute approximate surface area is 149 Å². The zero-order valence-corrected chi connectivity index (χ0v) is 15.3. The molecule has 3 N–H and O–H groups in total. The van der Waals surface area contributed by atoms with E-state index in [2.05, 4.69) is 26.6 Å². The summed E-state index contributed by atoms with van der Waals surface area (Å²) in [5.41, 5.74) is 1.56. The molecule has 6 nitrogen and oxygen atoms in total.